The van der Waals surface area contributed by atoms with E-state index in [4.69, 9.17) is 5.11 Å². The van der Waals surface area contributed by atoms with Gasteiger partial charge in [0.05, 0.1) is 5.56 Å². The average molecular weight is 280 g/mol. The van der Waals surface area contributed by atoms with E-state index in [1.807, 2.05) is 24.3 Å². The van der Waals surface area contributed by atoms with Crippen LogP contribution in [0.4, 0.5) is 0 Å². The summed E-state index contributed by atoms with van der Waals surface area (Å²) in [5.74, 6) is -0.231. The Morgan fingerprint density at radius 3 is 1.86 bits per heavy atom. The first-order valence-corrected chi connectivity index (χ1v) is 7.15. The monoisotopic (exact) mass is 280 g/mol. The van der Waals surface area contributed by atoms with Gasteiger partial charge in [-0.15, -0.1) is 0 Å². The zero-order chi connectivity index (χ0) is 15.2. The SMILES string of the molecule is CC(C)Cc1ccc(C=Cc2ccc(C(=O)O)cc2)cc1. The molecule has 0 atom stereocenters. The number of carbonyl (C=O) groups is 1. The standard InChI is InChI=1S/C19H20O2/c1-14(2)13-17-7-5-15(6-8-17)3-4-16-9-11-18(12-10-16)19(20)21/h3-12,14H,13H2,1-2H3,(H,20,21). The van der Waals surface area contributed by atoms with Crippen LogP contribution in [0.25, 0.3) is 12.2 Å². The summed E-state index contributed by atoms with van der Waals surface area (Å²) in [6.45, 7) is 4.43. The third-order valence-corrected chi connectivity index (χ3v) is 3.25. The molecule has 0 fully saturated rings. The number of carboxylic acids is 1. The molecule has 2 aromatic carbocycles. The quantitative estimate of drug-likeness (QED) is 0.802. The van der Waals surface area contributed by atoms with E-state index in [-0.39, 0.29) is 0 Å². The predicted molar refractivity (Wildman–Crippen MR) is 87.3 cm³/mol. The Labute approximate surface area is 125 Å². The van der Waals surface area contributed by atoms with Gasteiger partial charge in [-0.3, -0.25) is 0 Å². The summed E-state index contributed by atoms with van der Waals surface area (Å²) < 4.78 is 0. The van der Waals surface area contributed by atoms with E-state index in [1.54, 1.807) is 12.1 Å². The molecule has 0 saturated heterocycles. The molecule has 2 heteroatoms. The molecule has 0 aromatic heterocycles. The van der Waals surface area contributed by atoms with Crippen LogP contribution in [0, 0.1) is 5.92 Å². The minimum atomic E-state index is -0.897. The summed E-state index contributed by atoms with van der Waals surface area (Å²) in [4.78, 5) is 10.8. The van der Waals surface area contributed by atoms with Gasteiger partial charge in [0.1, 0.15) is 0 Å². The second kappa shape index (κ2) is 6.89. The van der Waals surface area contributed by atoms with Crippen molar-refractivity contribution in [2.75, 3.05) is 0 Å². The summed E-state index contributed by atoms with van der Waals surface area (Å²) in [7, 11) is 0. The van der Waals surface area contributed by atoms with Gasteiger partial charge in [0, 0.05) is 0 Å². The number of benzene rings is 2. The fraction of sp³-hybridized carbons (Fsp3) is 0.211. The lowest BCUT2D eigenvalue weighted by Crippen LogP contribution is -1.94. The molecule has 2 nitrogen and oxygen atoms in total. The summed E-state index contributed by atoms with van der Waals surface area (Å²) in [5.41, 5.74) is 3.80. The van der Waals surface area contributed by atoms with Gasteiger partial charge in [0.2, 0.25) is 0 Å². The van der Waals surface area contributed by atoms with Gasteiger partial charge in [-0.2, -0.15) is 0 Å². The van der Waals surface area contributed by atoms with E-state index in [2.05, 4.69) is 38.1 Å². The first-order valence-electron chi connectivity index (χ1n) is 7.15. The Bertz CT molecular complexity index is 620. The highest BCUT2D eigenvalue weighted by molar-refractivity contribution is 5.88. The second-order valence-corrected chi connectivity index (χ2v) is 5.60. The van der Waals surface area contributed by atoms with Crippen molar-refractivity contribution in [1.82, 2.24) is 0 Å². The van der Waals surface area contributed by atoms with Crippen LogP contribution in [-0.4, -0.2) is 11.1 Å². The average Bonchev–Trinajstić information content (AvgIpc) is 2.46. The van der Waals surface area contributed by atoms with E-state index >= 15 is 0 Å². The minimum absolute atomic E-state index is 0.310. The van der Waals surface area contributed by atoms with Gasteiger partial charge in [0.15, 0.2) is 0 Å². The van der Waals surface area contributed by atoms with Crippen LogP contribution in [0.15, 0.2) is 48.5 Å². The minimum Gasteiger partial charge on any atom is -0.478 e. The zero-order valence-corrected chi connectivity index (χ0v) is 12.4. The molecule has 0 saturated carbocycles. The molecule has 0 radical (unpaired) electrons. The molecule has 2 rings (SSSR count). The first kappa shape index (κ1) is 15.0. The van der Waals surface area contributed by atoms with E-state index in [0.717, 1.165) is 17.5 Å². The Balaban J connectivity index is 2.05. The van der Waals surface area contributed by atoms with Crippen LogP contribution in [0.3, 0.4) is 0 Å². The van der Waals surface area contributed by atoms with Gasteiger partial charge in [-0.1, -0.05) is 62.4 Å². The fourth-order valence-electron chi connectivity index (χ4n) is 2.17. The van der Waals surface area contributed by atoms with Crippen LogP contribution in [0.5, 0.6) is 0 Å². The highest BCUT2D eigenvalue weighted by Gasteiger charge is 2.00. The molecular weight excluding hydrogens is 260 g/mol. The Hall–Kier alpha value is -2.35. The third-order valence-electron chi connectivity index (χ3n) is 3.25. The van der Waals surface area contributed by atoms with Crippen molar-refractivity contribution in [1.29, 1.82) is 0 Å². The van der Waals surface area contributed by atoms with Crippen LogP contribution >= 0.6 is 0 Å². The van der Waals surface area contributed by atoms with Gasteiger partial charge in [-0.05, 0) is 41.2 Å². The summed E-state index contributed by atoms with van der Waals surface area (Å²) >= 11 is 0. The zero-order valence-electron chi connectivity index (χ0n) is 12.4. The maximum atomic E-state index is 10.8. The highest BCUT2D eigenvalue weighted by Crippen LogP contribution is 2.13. The largest absolute Gasteiger partial charge is 0.478 e. The molecule has 0 heterocycles. The normalized spacial score (nSPS) is 11.2. The van der Waals surface area contributed by atoms with Gasteiger partial charge in [0.25, 0.3) is 0 Å². The molecule has 0 aliphatic rings. The van der Waals surface area contributed by atoms with Crippen LogP contribution in [0.1, 0.15) is 40.9 Å². The lowest BCUT2D eigenvalue weighted by molar-refractivity contribution is 0.0697. The molecule has 1 N–H and O–H groups in total. The van der Waals surface area contributed by atoms with Crippen molar-refractivity contribution in [2.45, 2.75) is 20.3 Å². The number of rotatable bonds is 5. The Morgan fingerprint density at radius 1 is 0.952 bits per heavy atom. The number of carboxylic acid groups (broad SMARTS) is 1. The number of hydrogen-bond donors (Lipinski definition) is 1. The van der Waals surface area contributed by atoms with Crippen molar-refractivity contribution >= 4 is 18.1 Å². The summed E-state index contributed by atoms with van der Waals surface area (Å²) in [5, 5.41) is 8.85. The molecule has 0 bridgehead atoms. The van der Waals surface area contributed by atoms with Crippen LogP contribution < -0.4 is 0 Å². The maximum Gasteiger partial charge on any atom is 0.335 e. The number of aromatic carboxylic acids is 1. The maximum absolute atomic E-state index is 10.8. The molecule has 0 amide bonds. The summed E-state index contributed by atoms with van der Waals surface area (Å²) in [6, 6.07) is 15.4. The van der Waals surface area contributed by atoms with Gasteiger partial charge < -0.3 is 5.11 Å². The molecule has 0 unspecified atom stereocenters. The first-order chi connectivity index (χ1) is 10.0. The fourth-order valence-corrected chi connectivity index (χ4v) is 2.17. The summed E-state index contributed by atoms with van der Waals surface area (Å²) in [6.07, 6.45) is 5.12. The van der Waals surface area contributed by atoms with Crippen LogP contribution in [0.2, 0.25) is 0 Å². The highest BCUT2D eigenvalue weighted by atomic mass is 16.4. The van der Waals surface area contributed by atoms with Crippen molar-refractivity contribution in [3.05, 3.63) is 70.8 Å². The molecule has 2 aromatic rings. The number of hydrogen-bond acceptors (Lipinski definition) is 1. The Morgan fingerprint density at radius 2 is 1.43 bits per heavy atom. The molecule has 0 spiro atoms. The molecule has 0 aliphatic carbocycles. The molecule has 21 heavy (non-hydrogen) atoms. The third kappa shape index (κ3) is 4.60. The predicted octanol–water partition coefficient (Wildman–Crippen LogP) is 4.75. The van der Waals surface area contributed by atoms with E-state index in [9.17, 15) is 4.79 Å². The smallest absolute Gasteiger partial charge is 0.335 e. The van der Waals surface area contributed by atoms with Crippen LogP contribution in [-0.2, 0) is 6.42 Å². The second-order valence-electron chi connectivity index (χ2n) is 5.60. The Kier molecular flexibility index (Phi) is 4.94. The van der Waals surface area contributed by atoms with Crippen molar-refractivity contribution in [3.63, 3.8) is 0 Å². The van der Waals surface area contributed by atoms with Gasteiger partial charge >= 0.3 is 5.97 Å². The van der Waals surface area contributed by atoms with Crippen molar-refractivity contribution in [2.24, 2.45) is 5.92 Å². The topological polar surface area (TPSA) is 37.3 Å². The van der Waals surface area contributed by atoms with E-state index < -0.39 is 5.97 Å². The molecule has 0 aliphatic heterocycles. The van der Waals surface area contributed by atoms with E-state index in [0.29, 0.717) is 11.5 Å². The lowest BCUT2D eigenvalue weighted by atomic mass is 10.0. The molecular formula is C19H20O2. The van der Waals surface area contributed by atoms with E-state index in [1.165, 1.54) is 5.56 Å². The van der Waals surface area contributed by atoms with Gasteiger partial charge in [-0.25, -0.2) is 4.79 Å². The molecule has 108 valence electrons. The van der Waals surface area contributed by atoms with Crippen molar-refractivity contribution in [3.8, 4) is 0 Å². The van der Waals surface area contributed by atoms with Crippen molar-refractivity contribution < 1.29 is 9.90 Å². The lowest BCUT2D eigenvalue weighted by Gasteiger charge is -2.04.